The Bertz CT molecular complexity index is 438. The van der Waals surface area contributed by atoms with Crippen molar-refractivity contribution in [2.75, 3.05) is 12.8 Å². The molecule has 0 unspecified atom stereocenters. The second kappa shape index (κ2) is 4.37. The predicted octanol–water partition coefficient (Wildman–Crippen LogP) is 0.511. The summed E-state index contributed by atoms with van der Waals surface area (Å²) in [4.78, 5) is 6.85. The van der Waals surface area contributed by atoms with Gasteiger partial charge in [0.2, 0.25) is 0 Å². The van der Waals surface area contributed by atoms with Crippen molar-refractivity contribution in [3.05, 3.63) is 22.3 Å². The minimum atomic E-state index is 0.420. The molecule has 0 aliphatic rings. The van der Waals surface area contributed by atoms with Gasteiger partial charge in [0, 0.05) is 13.3 Å². The highest BCUT2D eigenvalue weighted by Gasteiger charge is 2.04. The number of nitrogen functional groups attached to an aromatic ring is 1. The molecule has 15 heavy (non-hydrogen) atoms. The molecule has 80 valence electrons. The molecule has 0 amide bonds. The maximum absolute atomic E-state index is 5.45. The van der Waals surface area contributed by atoms with Crippen molar-refractivity contribution in [3.8, 4) is 0 Å². The largest absolute Gasteiger partial charge is 0.381 e. The first-order chi connectivity index (χ1) is 7.28. The Labute approximate surface area is 90.7 Å². The van der Waals surface area contributed by atoms with E-state index in [0.717, 1.165) is 9.88 Å². The number of nitrogens with zero attached hydrogens (tertiary/aromatic N) is 4. The van der Waals surface area contributed by atoms with Crippen LogP contribution in [0.5, 0.6) is 0 Å². The normalized spacial score (nSPS) is 10.7. The van der Waals surface area contributed by atoms with E-state index in [1.807, 2.05) is 0 Å². The van der Waals surface area contributed by atoms with E-state index >= 15 is 0 Å². The standard InChI is InChI=1S/C8H11N5OS/c1-14-5-6-2-10-8(15-6)4-13-11-3-7(9)12-13/h2-3H,4-5H2,1H3,(H2,9,12). The van der Waals surface area contributed by atoms with Gasteiger partial charge in [-0.15, -0.1) is 16.4 Å². The fourth-order valence-electron chi connectivity index (χ4n) is 1.14. The Kier molecular flexibility index (Phi) is 2.93. The van der Waals surface area contributed by atoms with Crippen LogP contribution in [0.15, 0.2) is 12.4 Å². The van der Waals surface area contributed by atoms with Gasteiger partial charge in [-0.25, -0.2) is 4.98 Å². The summed E-state index contributed by atoms with van der Waals surface area (Å²) >= 11 is 1.58. The Balaban J connectivity index is 2.04. The molecule has 0 fully saturated rings. The fraction of sp³-hybridized carbons (Fsp3) is 0.375. The van der Waals surface area contributed by atoms with Crippen molar-refractivity contribution in [2.45, 2.75) is 13.2 Å². The highest BCUT2D eigenvalue weighted by Crippen LogP contribution is 2.14. The van der Waals surface area contributed by atoms with Crippen LogP contribution < -0.4 is 5.73 Å². The Hall–Kier alpha value is -1.47. The quantitative estimate of drug-likeness (QED) is 0.820. The zero-order chi connectivity index (χ0) is 10.7. The maximum atomic E-state index is 5.45. The second-order valence-electron chi connectivity index (χ2n) is 2.95. The molecule has 0 spiro atoms. The Morgan fingerprint density at radius 2 is 2.40 bits per heavy atom. The third-order valence-electron chi connectivity index (χ3n) is 1.72. The van der Waals surface area contributed by atoms with Crippen LogP contribution in [0.4, 0.5) is 5.82 Å². The van der Waals surface area contributed by atoms with E-state index in [9.17, 15) is 0 Å². The van der Waals surface area contributed by atoms with E-state index < -0.39 is 0 Å². The highest BCUT2D eigenvalue weighted by molar-refractivity contribution is 7.11. The number of nitrogens with two attached hydrogens (primary N) is 1. The molecule has 2 aromatic rings. The SMILES string of the molecule is COCc1cnc(Cn2ncc(N)n2)s1. The maximum Gasteiger partial charge on any atom is 0.165 e. The molecular formula is C8H11N5OS. The van der Waals surface area contributed by atoms with Gasteiger partial charge in [0.15, 0.2) is 5.82 Å². The minimum Gasteiger partial charge on any atom is -0.381 e. The number of ether oxygens (including phenoxy) is 1. The van der Waals surface area contributed by atoms with Gasteiger partial charge in [0.05, 0.1) is 17.7 Å². The van der Waals surface area contributed by atoms with Gasteiger partial charge >= 0.3 is 0 Å². The number of aromatic nitrogens is 4. The topological polar surface area (TPSA) is 78.8 Å². The molecule has 0 aromatic carbocycles. The molecule has 2 N–H and O–H groups in total. The van der Waals surface area contributed by atoms with Crippen LogP contribution in [0.25, 0.3) is 0 Å². The van der Waals surface area contributed by atoms with Gasteiger partial charge in [-0.3, -0.25) is 0 Å². The van der Waals surface area contributed by atoms with Crippen molar-refractivity contribution in [1.29, 1.82) is 0 Å². The molecule has 2 aromatic heterocycles. The van der Waals surface area contributed by atoms with Crippen LogP contribution in [0.2, 0.25) is 0 Å². The summed E-state index contributed by atoms with van der Waals surface area (Å²) in [6, 6.07) is 0. The second-order valence-corrected chi connectivity index (χ2v) is 4.15. The smallest absolute Gasteiger partial charge is 0.165 e. The molecule has 7 heteroatoms. The predicted molar refractivity (Wildman–Crippen MR) is 56.4 cm³/mol. The summed E-state index contributed by atoms with van der Waals surface area (Å²) in [6.07, 6.45) is 3.32. The minimum absolute atomic E-state index is 0.420. The van der Waals surface area contributed by atoms with Crippen LogP contribution in [0, 0.1) is 0 Å². The molecule has 0 radical (unpaired) electrons. The average Bonchev–Trinajstić information content (AvgIpc) is 2.78. The molecule has 0 aliphatic heterocycles. The van der Waals surface area contributed by atoms with Crippen molar-refractivity contribution >= 4 is 17.2 Å². The van der Waals surface area contributed by atoms with E-state index in [4.69, 9.17) is 10.5 Å². The van der Waals surface area contributed by atoms with Crippen LogP contribution in [0.1, 0.15) is 9.88 Å². The molecule has 0 saturated carbocycles. The zero-order valence-electron chi connectivity index (χ0n) is 8.25. The van der Waals surface area contributed by atoms with Crippen LogP contribution in [-0.2, 0) is 17.9 Å². The molecular weight excluding hydrogens is 214 g/mol. The third kappa shape index (κ3) is 2.51. The van der Waals surface area contributed by atoms with E-state index in [0.29, 0.717) is 19.0 Å². The monoisotopic (exact) mass is 225 g/mol. The van der Waals surface area contributed by atoms with Gasteiger partial charge in [-0.1, -0.05) is 0 Å². The van der Waals surface area contributed by atoms with Crippen LogP contribution in [0.3, 0.4) is 0 Å². The fourth-order valence-corrected chi connectivity index (χ4v) is 2.01. The molecule has 0 saturated heterocycles. The van der Waals surface area contributed by atoms with Crippen molar-refractivity contribution in [3.63, 3.8) is 0 Å². The van der Waals surface area contributed by atoms with Crippen LogP contribution in [-0.4, -0.2) is 27.1 Å². The van der Waals surface area contributed by atoms with Crippen LogP contribution >= 0.6 is 11.3 Å². The first kappa shape index (κ1) is 10.1. The average molecular weight is 225 g/mol. The summed E-state index contributed by atoms with van der Waals surface area (Å²) in [5.41, 5.74) is 5.45. The van der Waals surface area contributed by atoms with E-state index in [2.05, 4.69) is 15.2 Å². The lowest BCUT2D eigenvalue weighted by atomic mass is 10.6. The summed E-state index contributed by atoms with van der Waals surface area (Å²) in [6.45, 7) is 1.14. The number of thiazole rings is 1. The molecule has 0 aliphatic carbocycles. The molecule has 2 heterocycles. The first-order valence-electron chi connectivity index (χ1n) is 4.36. The van der Waals surface area contributed by atoms with Gasteiger partial charge in [0.1, 0.15) is 11.6 Å². The lowest BCUT2D eigenvalue weighted by Gasteiger charge is -1.94. The lowest BCUT2D eigenvalue weighted by molar-refractivity contribution is 0.187. The third-order valence-corrected chi connectivity index (χ3v) is 2.67. The van der Waals surface area contributed by atoms with Gasteiger partial charge in [-0.05, 0) is 0 Å². The number of hydrogen-bond acceptors (Lipinski definition) is 6. The number of anilines is 1. The number of methoxy groups -OCH3 is 1. The van der Waals surface area contributed by atoms with Gasteiger partial charge in [-0.2, -0.15) is 9.90 Å². The Morgan fingerprint density at radius 3 is 3.07 bits per heavy atom. The number of hydrogen-bond donors (Lipinski definition) is 1. The summed E-state index contributed by atoms with van der Waals surface area (Å²) in [7, 11) is 1.66. The van der Waals surface area contributed by atoms with Crippen molar-refractivity contribution in [2.24, 2.45) is 0 Å². The van der Waals surface area contributed by atoms with Crippen molar-refractivity contribution in [1.82, 2.24) is 20.0 Å². The zero-order valence-corrected chi connectivity index (χ0v) is 9.07. The summed E-state index contributed by atoms with van der Waals surface area (Å²) < 4.78 is 5.01. The molecule has 2 rings (SSSR count). The van der Waals surface area contributed by atoms with E-state index in [1.165, 1.54) is 11.0 Å². The lowest BCUT2D eigenvalue weighted by Crippen LogP contribution is -2.03. The van der Waals surface area contributed by atoms with Gasteiger partial charge in [0.25, 0.3) is 0 Å². The van der Waals surface area contributed by atoms with E-state index in [-0.39, 0.29) is 0 Å². The molecule has 0 bridgehead atoms. The number of rotatable bonds is 4. The summed E-state index contributed by atoms with van der Waals surface area (Å²) in [5, 5.41) is 8.90. The van der Waals surface area contributed by atoms with E-state index in [1.54, 1.807) is 24.6 Å². The Morgan fingerprint density at radius 1 is 1.53 bits per heavy atom. The first-order valence-corrected chi connectivity index (χ1v) is 5.17. The molecule has 0 atom stereocenters. The molecule has 6 nitrogen and oxygen atoms in total. The van der Waals surface area contributed by atoms with Gasteiger partial charge < -0.3 is 10.5 Å². The van der Waals surface area contributed by atoms with Crippen molar-refractivity contribution < 1.29 is 4.74 Å². The summed E-state index contributed by atoms with van der Waals surface area (Å²) in [5.74, 6) is 0.420. The highest BCUT2D eigenvalue weighted by atomic mass is 32.1.